The number of pyridine rings is 1. The topological polar surface area (TPSA) is 117 Å². The number of benzene rings is 2. The van der Waals surface area contributed by atoms with E-state index in [0.717, 1.165) is 6.07 Å². The first-order valence-corrected chi connectivity index (χ1v) is 10.6. The van der Waals surface area contributed by atoms with Gasteiger partial charge in [0.25, 0.3) is 15.7 Å². The highest BCUT2D eigenvalue weighted by Crippen LogP contribution is 2.32. The summed E-state index contributed by atoms with van der Waals surface area (Å²) >= 11 is 0. The van der Waals surface area contributed by atoms with Gasteiger partial charge in [0, 0.05) is 19.7 Å². The maximum Gasteiger partial charge on any atom is 0.294 e. The Balaban J connectivity index is 1.98. The van der Waals surface area contributed by atoms with Gasteiger partial charge in [0.2, 0.25) is 0 Å². The van der Waals surface area contributed by atoms with Crippen LogP contribution in [0.25, 0.3) is 0 Å². The van der Waals surface area contributed by atoms with Crippen molar-refractivity contribution in [3.05, 3.63) is 77.0 Å². The van der Waals surface area contributed by atoms with Gasteiger partial charge < -0.3 is 10.6 Å². The molecule has 0 saturated carbocycles. The van der Waals surface area contributed by atoms with Crippen LogP contribution in [0.5, 0.6) is 0 Å². The van der Waals surface area contributed by atoms with E-state index in [1.54, 1.807) is 56.4 Å². The lowest BCUT2D eigenvalue weighted by Crippen LogP contribution is -2.30. The number of rotatable bonds is 8. The number of para-hydroxylation sites is 1. The molecule has 1 aromatic heterocycles. The van der Waals surface area contributed by atoms with Crippen molar-refractivity contribution in [3.8, 4) is 0 Å². The zero-order valence-corrected chi connectivity index (χ0v) is 17.3. The molecule has 30 heavy (non-hydrogen) atoms. The van der Waals surface area contributed by atoms with Crippen LogP contribution in [0, 0.1) is 10.1 Å². The number of nitrogens with zero attached hydrogens (tertiary/aromatic N) is 3. The summed E-state index contributed by atoms with van der Waals surface area (Å²) in [4.78, 5) is 15.0. The van der Waals surface area contributed by atoms with Crippen molar-refractivity contribution in [2.24, 2.45) is 0 Å². The van der Waals surface area contributed by atoms with Gasteiger partial charge in [-0.15, -0.1) is 0 Å². The highest BCUT2D eigenvalue weighted by molar-refractivity contribution is 7.92. The molecule has 0 fully saturated rings. The van der Waals surface area contributed by atoms with Gasteiger partial charge in [0.15, 0.2) is 0 Å². The number of anilines is 4. The summed E-state index contributed by atoms with van der Waals surface area (Å²) in [7, 11) is -2.25. The second kappa shape index (κ2) is 8.78. The van der Waals surface area contributed by atoms with Crippen molar-refractivity contribution in [2.75, 3.05) is 28.5 Å². The van der Waals surface area contributed by atoms with Crippen molar-refractivity contribution < 1.29 is 13.3 Å². The second-order valence-corrected chi connectivity index (χ2v) is 8.11. The minimum Gasteiger partial charge on any atom is -0.373 e. The van der Waals surface area contributed by atoms with Crippen molar-refractivity contribution in [3.63, 3.8) is 0 Å². The predicted octanol–water partition coefficient (Wildman–Crippen LogP) is 3.99. The first-order chi connectivity index (χ1) is 14.4. The van der Waals surface area contributed by atoms with E-state index >= 15 is 0 Å². The second-order valence-electron chi connectivity index (χ2n) is 6.25. The molecule has 3 aromatic rings. The average Bonchev–Trinajstić information content (AvgIpc) is 2.75. The summed E-state index contributed by atoms with van der Waals surface area (Å²) in [6.07, 6.45) is 1.52. The van der Waals surface area contributed by atoms with Crippen LogP contribution in [0.2, 0.25) is 0 Å². The van der Waals surface area contributed by atoms with Crippen LogP contribution in [0.1, 0.15) is 6.92 Å². The van der Waals surface area contributed by atoms with Crippen molar-refractivity contribution in [2.45, 2.75) is 11.8 Å². The number of hydrogen-bond donors (Lipinski definition) is 2. The van der Waals surface area contributed by atoms with Gasteiger partial charge in [-0.1, -0.05) is 18.2 Å². The lowest BCUT2D eigenvalue weighted by Gasteiger charge is -2.23. The third kappa shape index (κ3) is 4.33. The molecule has 0 saturated heterocycles. The lowest BCUT2D eigenvalue weighted by atomic mass is 10.2. The molecule has 156 valence electrons. The Labute approximate surface area is 174 Å². The van der Waals surface area contributed by atoms with Crippen LogP contribution < -0.4 is 14.9 Å². The van der Waals surface area contributed by atoms with Crippen LogP contribution >= 0.6 is 0 Å². The van der Waals surface area contributed by atoms with E-state index < -0.39 is 14.9 Å². The van der Waals surface area contributed by atoms with Crippen molar-refractivity contribution >= 4 is 38.6 Å². The molecule has 10 heteroatoms. The van der Waals surface area contributed by atoms with Gasteiger partial charge in [-0.2, -0.15) is 0 Å². The van der Waals surface area contributed by atoms with E-state index in [4.69, 9.17) is 0 Å². The predicted molar refractivity (Wildman–Crippen MR) is 117 cm³/mol. The fourth-order valence-corrected chi connectivity index (χ4v) is 4.41. The van der Waals surface area contributed by atoms with E-state index in [0.29, 0.717) is 17.2 Å². The van der Waals surface area contributed by atoms with Crippen molar-refractivity contribution in [1.82, 2.24) is 4.98 Å². The summed E-state index contributed by atoms with van der Waals surface area (Å²) in [6.45, 7) is 1.89. The zero-order valence-electron chi connectivity index (χ0n) is 16.4. The Kier molecular flexibility index (Phi) is 6.17. The van der Waals surface area contributed by atoms with Gasteiger partial charge in [-0.3, -0.25) is 14.4 Å². The fourth-order valence-electron chi connectivity index (χ4n) is 2.91. The summed E-state index contributed by atoms with van der Waals surface area (Å²) in [5, 5.41) is 17.4. The molecule has 0 amide bonds. The van der Waals surface area contributed by atoms with Gasteiger partial charge in [-0.05, 0) is 43.3 Å². The number of nitrogens with one attached hydrogen (secondary N) is 2. The molecular formula is C20H21N5O4S. The Morgan fingerprint density at radius 2 is 1.83 bits per heavy atom. The molecule has 1 heterocycles. The summed E-state index contributed by atoms with van der Waals surface area (Å²) in [5.74, 6) is 0.650. The third-order valence-corrected chi connectivity index (χ3v) is 6.28. The normalized spacial score (nSPS) is 11.0. The smallest absolute Gasteiger partial charge is 0.294 e. The Morgan fingerprint density at radius 3 is 2.40 bits per heavy atom. The molecule has 9 nitrogen and oxygen atoms in total. The molecule has 0 aliphatic rings. The summed E-state index contributed by atoms with van der Waals surface area (Å²) < 4.78 is 27.5. The largest absolute Gasteiger partial charge is 0.373 e. The van der Waals surface area contributed by atoms with E-state index in [1.807, 2.05) is 0 Å². The monoisotopic (exact) mass is 427 g/mol. The van der Waals surface area contributed by atoms with E-state index in [-0.39, 0.29) is 22.8 Å². The molecule has 0 atom stereocenters. The third-order valence-electron chi connectivity index (χ3n) is 4.38. The van der Waals surface area contributed by atoms with E-state index in [1.165, 1.54) is 22.6 Å². The van der Waals surface area contributed by atoms with Crippen LogP contribution in [0.15, 0.2) is 71.8 Å². The minimum absolute atomic E-state index is 0.158. The summed E-state index contributed by atoms with van der Waals surface area (Å²) in [5.41, 5.74) is 0.839. The SMILES string of the molecule is CCN(c1ccccc1)S(=O)(=O)c1ccc(Nc2ccc(NC)nc2)c([N+](=O)[O-])c1. The maximum absolute atomic E-state index is 13.1. The van der Waals surface area contributed by atoms with Crippen LogP contribution in [0.4, 0.5) is 28.6 Å². The quantitative estimate of drug-likeness (QED) is 0.412. The highest BCUT2D eigenvalue weighted by Gasteiger charge is 2.27. The zero-order chi connectivity index (χ0) is 21.7. The molecule has 2 N–H and O–H groups in total. The molecule has 0 spiro atoms. The van der Waals surface area contributed by atoms with Crippen LogP contribution in [0.3, 0.4) is 0 Å². The number of nitro groups is 1. The maximum atomic E-state index is 13.1. The number of nitro benzene ring substituents is 1. The average molecular weight is 427 g/mol. The molecule has 0 bridgehead atoms. The minimum atomic E-state index is -3.98. The Hall–Kier alpha value is -3.66. The number of aromatic nitrogens is 1. The first-order valence-electron chi connectivity index (χ1n) is 9.14. The molecular weight excluding hydrogens is 406 g/mol. The Morgan fingerprint density at radius 1 is 1.10 bits per heavy atom. The van der Waals surface area contributed by atoms with Crippen LogP contribution in [-0.4, -0.2) is 31.9 Å². The van der Waals surface area contributed by atoms with Gasteiger partial charge in [-0.25, -0.2) is 13.4 Å². The molecule has 3 rings (SSSR count). The lowest BCUT2D eigenvalue weighted by molar-refractivity contribution is -0.384. The van der Waals surface area contributed by atoms with E-state index in [2.05, 4.69) is 15.6 Å². The standard InChI is InChI=1S/C20H21N5O4S/c1-3-24(16-7-5-4-6-8-16)30(28,29)17-10-11-18(19(13-17)25(26)27)23-15-9-12-20(21-2)22-14-15/h4-14,23H,3H2,1-2H3,(H,21,22). The fraction of sp³-hybridized carbons (Fsp3) is 0.150. The van der Waals surface area contributed by atoms with Gasteiger partial charge in [0.1, 0.15) is 11.5 Å². The summed E-state index contributed by atoms with van der Waals surface area (Å²) in [6, 6.07) is 15.8. The number of hydrogen-bond acceptors (Lipinski definition) is 7. The van der Waals surface area contributed by atoms with Gasteiger partial charge >= 0.3 is 0 Å². The molecule has 0 unspecified atom stereocenters. The molecule has 0 aliphatic carbocycles. The van der Waals surface area contributed by atoms with Gasteiger partial charge in [0.05, 0.1) is 27.4 Å². The molecule has 0 aliphatic heterocycles. The Bertz CT molecular complexity index is 1140. The van der Waals surface area contributed by atoms with Crippen LogP contribution in [-0.2, 0) is 10.0 Å². The van der Waals surface area contributed by atoms with Crippen molar-refractivity contribution in [1.29, 1.82) is 0 Å². The molecule has 0 radical (unpaired) electrons. The van der Waals surface area contributed by atoms with E-state index in [9.17, 15) is 18.5 Å². The highest BCUT2D eigenvalue weighted by atomic mass is 32.2. The first kappa shape index (κ1) is 21.1. The number of sulfonamides is 1. The molecule has 2 aromatic carbocycles.